The molecule has 0 radical (unpaired) electrons. The molecule has 32 heavy (non-hydrogen) atoms. The number of halogens is 2. The molecule has 3 rings (SSSR count). The van der Waals surface area contributed by atoms with E-state index in [9.17, 15) is 17.2 Å². The second-order valence-corrected chi connectivity index (χ2v) is 12.0. The van der Waals surface area contributed by atoms with E-state index in [0.29, 0.717) is 30.6 Å². The first-order chi connectivity index (χ1) is 15.1. The second-order valence-electron chi connectivity index (χ2n) is 10.0. The molecule has 0 spiro atoms. The maximum absolute atomic E-state index is 14.0. The third-order valence-corrected chi connectivity index (χ3v) is 8.31. The van der Waals surface area contributed by atoms with E-state index < -0.39 is 21.7 Å². The van der Waals surface area contributed by atoms with Crippen LogP contribution >= 0.6 is 0 Å². The maximum Gasteiger partial charge on any atom is 0.211 e. The van der Waals surface area contributed by atoms with Crippen LogP contribution in [0, 0.1) is 23.5 Å². The summed E-state index contributed by atoms with van der Waals surface area (Å²) in [5.74, 6) is -0.195. The molecule has 1 aromatic carbocycles. The number of rotatable bonds is 9. The van der Waals surface area contributed by atoms with Crippen LogP contribution in [-0.4, -0.2) is 69.2 Å². The van der Waals surface area contributed by atoms with Crippen LogP contribution in [-0.2, 0) is 10.0 Å². The number of nitrogens with one attached hydrogen (secondary N) is 1. The first kappa shape index (κ1) is 25.5. The fourth-order valence-electron chi connectivity index (χ4n) is 5.16. The van der Waals surface area contributed by atoms with Gasteiger partial charge in [-0.25, -0.2) is 21.5 Å². The van der Waals surface area contributed by atoms with Crippen molar-refractivity contribution in [2.45, 2.75) is 57.9 Å². The van der Waals surface area contributed by atoms with Gasteiger partial charge < -0.3 is 10.2 Å². The van der Waals surface area contributed by atoms with Crippen molar-refractivity contribution in [3.8, 4) is 0 Å². The lowest BCUT2D eigenvalue weighted by Crippen LogP contribution is -2.44. The maximum atomic E-state index is 14.0. The van der Waals surface area contributed by atoms with Gasteiger partial charge in [-0.1, -0.05) is 13.8 Å². The highest BCUT2D eigenvalue weighted by atomic mass is 32.2. The van der Waals surface area contributed by atoms with E-state index in [0.717, 1.165) is 64.3 Å². The van der Waals surface area contributed by atoms with E-state index in [1.165, 1.54) is 22.7 Å². The molecule has 1 atom stereocenters. The summed E-state index contributed by atoms with van der Waals surface area (Å²) < 4.78 is 53.3. The zero-order valence-corrected chi connectivity index (χ0v) is 20.5. The summed E-state index contributed by atoms with van der Waals surface area (Å²) in [6, 6.07) is 4.40. The van der Waals surface area contributed by atoms with Crippen molar-refractivity contribution < 1.29 is 17.2 Å². The highest BCUT2D eigenvalue weighted by Gasteiger charge is 2.31. The zero-order valence-electron chi connectivity index (χ0n) is 19.7. The Hall–Kier alpha value is -1.09. The van der Waals surface area contributed by atoms with E-state index in [1.807, 2.05) is 0 Å². The smallest absolute Gasteiger partial charge is 0.211 e. The average molecular weight is 472 g/mol. The van der Waals surface area contributed by atoms with Crippen LogP contribution in [0.25, 0.3) is 0 Å². The Morgan fingerprint density at radius 1 is 1.00 bits per heavy atom. The molecular weight excluding hydrogens is 432 g/mol. The van der Waals surface area contributed by atoms with Gasteiger partial charge in [0.25, 0.3) is 0 Å². The summed E-state index contributed by atoms with van der Waals surface area (Å²) in [5.41, 5.74) is 0.703. The van der Waals surface area contributed by atoms with Gasteiger partial charge in [0.05, 0.1) is 6.26 Å². The average Bonchev–Trinajstić information content (AvgIpc) is 2.72. The number of benzene rings is 1. The van der Waals surface area contributed by atoms with Crippen LogP contribution in [0.15, 0.2) is 18.2 Å². The number of hydrogen-bond acceptors (Lipinski definition) is 4. The van der Waals surface area contributed by atoms with E-state index in [2.05, 4.69) is 24.1 Å². The molecule has 0 saturated carbocycles. The Morgan fingerprint density at radius 2 is 1.59 bits per heavy atom. The third-order valence-electron chi connectivity index (χ3n) is 7.01. The van der Waals surface area contributed by atoms with Gasteiger partial charge >= 0.3 is 0 Å². The predicted molar refractivity (Wildman–Crippen MR) is 125 cm³/mol. The van der Waals surface area contributed by atoms with Crippen molar-refractivity contribution in [3.63, 3.8) is 0 Å². The van der Waals surface area contributed by atoms with Crippen LogP contribution in [0.5, 0.6) is 0 Å². The third kappa shape index (κ3) is 7.47. The summed E-state index contributed by atoms with van der Waals surface area (Å²) in [6.07, 6.45) is 5.76. The lowest BCUT2D eigenvalue weighted by Gasteiger charge is -2.37. The minimum absolute atomic E-state index is 0.0266. The minimum Gasteiger partial charge on any atom is -0.314 e. The van der Waals surface area contributed by atoms with Gasteiger partial charge in [0.2, 0.25) is 10.0 Å². The van der Waals surface area contributed by atoms with Crippen molar-refractivity contribution in [1.82, 2.24) is 14.5 Å². The largest absolute Gasteiger partial charge is 0.314 e. The molecule has 5 nitrogen and oxygen atoms in total. The van der Waals surface area contributed by atoms with Crippen LogP contribution in [0.2, 0.25) is 0 Å². The molecule has 1 aromatic rings. The molecule has 2 aliphatic heterocycles. The van der Waals surface area contributed by atoms with Gasteiger partial charge in [-0.3, -0.25) is 0 Å². The van der Waals surface area contributed by atoms with E-state index in [4.69, 9.17) is 0 Å². The quantitative estimate of drug-likeness (QED) is 0.595. The van der Waals surface area contributed by atoms with Crippen molar-refractivity contribution in [1.29, 1.82) is 0 Å². The summed E-state index contributed by atoms with van der Waals surface area (Å²) in [6.45, 7) is 9.40. The van der Waals surface area contributed by atoms with Crippen molar-refractivity contribution in [2.75, 3.05) is 45.5 Å². The molecule has 0 bridgehead atoms. The standard InChI is InChI=1S/C24H39F2N3O2S/c1-18(2)17-27-23-6-9-28(10-7-23)11-8-24(20-14-21(25)16-22(26)15-20)19-4-12-29(13-5-19)32(3,30)31/h14-16,18-19,23-24,27H,4-13,17H2,1-3H3. The monoisotopic (exact) mass is 471 g/mol. The van der Waals surface area contributed by atoms with Crippen molar-refractivity contribution in [3.05, 3.63) is 35.4 Å². The first-order valence-electron chi connectivity index (χ1n) is 12.0. The molecule has 1 unspecified atom stereocenters. The molecule has 2 fully saturated rings. The van der Waals surface area contributed by atoms with Gasteiger partial charge in [0.15, 0.2) is 0 Å². The summed E-state index contributed by atoms with van der Waals surface area (Å²) in [5, 5.41) is 3.65. The van der Waals surface area contributed by atoms with Crippen LogP contribution in [0.1, 0.15) is 57.4 Å². The fraction of sp³-hybridized carbons (Fsp3) is 0.750. The minimum atomic E-state index is -3.20. The molecule has 2 heterocycles. The van der Waals surface area contributed by atoms with Crippen LogP contribution < -0.4 is 5.32 Å². The fourth-order valence-corrected chi connectivity index (χ4v) is 6.03. The number of sulfonamides is 1. The Bertz CT molecular complexity index is 813. The topological polar surface area (TPSA) is 52.6 Å². The Labute approximate surface area is 192 Å². The molecule has 2 saturated heterocycles. The summed E-state index contributed by atoms with van der Waals surface area (Å²) in [4.78, 5) is 2.46. The summed E-state index contributed by atoms with van der Waals surface area (Å²) >= 11 is 0. The first-order valence-corrected chi connectivity index (χ1v) is 13.8. The van der Waals surface area contributed by atoms with Crippen molar-refractivity contribution >= 4 is 10.0 Å². The van der Waals surface area contributed by atoms with E-state index in [-0.39, 0.29) is 11.8 Å². The Morgan fingerprint density at radius 3 is 2.12 bits per heavy atom. The van der Waals surface area contributed by atoms with Crippen LogP contribution in [0.4, 0.5) is 8.78 Å². The molecule has 0 aromatic heterocycles. The molecule has 8 heteroatoms. The summed E-state index contributed by atoms with van der Waals surface area (Å²) in [7, 11) is -3.20. The number of nitrogens with zero attached hydrogens (tertiary/aromatic N) is 2. The lowest BCUT2D eigenvalue weighted by molar-refractivity contribution is 0.174. The van der Waals surface area contributed by atoms with Gasteiger partial charge in [0.1, 0.15) is 11.6 Å². The normalized spacial score (nSPS) is 21.3. The lowest BCUT2D eigenvalue weighted by atomic mass is 9.78. The number of likely N-dealkylation sites (tertiary alicyclic amines) is 1. The molecule has 1 N–H and O–H groups in total. The second kappa shape index (κ2) is 11.4. The van der Waals surface area contributed by atoms with Gasteiger partial charge in [0, 0.05) is 25.2 Å². The van der Waals surface area contributed by atoms with Gasteiger partial charge in [-0.15, -0.1) is 0 Å². The number of piperidine rings is 2. The van der Waals surface area contributed by atoms with Gasteiger partial charge in [-0.2, -0.15) is 0 Å². The van der Waals surface area contributed by atoms with Crippen molar-refractivity contribution in [2.24, 2.45) is 11.8 Å². The zero-order chi connectivity index (χ0) is 23.3. The molecule has 2 aliphatic rings. The van der Waals surface area contributed by atoms with E-state index >= 15 is 0 Å². The molecule has 0 amide bonds. The predicted octanol–water partition coefficient (Wildman–Crippen LogP) is 3.82. The SMILES string of the molecule is CC(C)CNC1CCN(CCC(c2cc(F)cc(F)c2)C2CCN(S(C)(=O)=O)CC2)CC1. The van der Waals surface area contributed by atoms with E-state index in [1.54, 1.807) is 0 Å². The van der Waals surface area contributed by atoms with Crippen LogP contribution in [0.3, 0.4) is 0 Å². The van der Waals surface area contributed by atoms with Gasteiger partial charge in [-0.05, 0) is 93.7 Å². The number of hydrogen-bond donors (Lipinski definition) is 1. The molecule has 0 aliphatic carbocycles. The molecule has 182 valence electrons. The molecular formula is C24H39F2N3O2S. The Balaban J connectivity index is 1.61. The highest BCUT2D eigenvalue weighted by molar-refractivity contribution is 7.88. The Kier molecular flexibility index (Phi) is 9.06. The highest BCUT2D eigenvalue weighted by Crippen LogP contribution is 2.37.